The van der Waals surface area contributed by atoms with E-state index in [4.69, 9.17) is 9.47 Å². The number of benzene rings is 1. The van der Waals surface area contributed by atoms with Crippen molar-refractivity contribution in [2.45, 2.75) is 38.6 Å². The van der Waals surface area contributed by atoms with E-state index >= 15 is 0 Å². The van der Waals surface area contributed by atoms with Gasteiger partial charge in [0.25, 0.3) is 0 Å². The highest BCUT2D eigenvalue weighted by Gasteiger charge is 2.59. The summed E-state index contributed by atoms with van der Waals surface area (Å²) in [6, 6.07) is 2.88. The van der Waals surface area contributed by atoms with Gasteiger partial charge in [0.1, 0.15) is 0 Å². The number of rotatable bonds is 3. The molecule has 2 amide bonds. The van der Waals surface area contributed by atoms with Crippen LogP contribution in [0.2, 0.25) is 0 Å². The quantitative estimate of drug-likeness (QED) is 0.797. The van der Waals surface area contributed by atoms with Crippen molar-refractivity contribution in [1.82, 2.24) is 5.32 Å². The SMILES string of the molecule is CC1(C)C(NC(=O)Nc2cc(C(F)(F)F)ccc2N2CCOCC2)C2CCOC21. The lowest BCUT2D eigenvalue weighted by atomic mass is 9.57. The Balaban J connectivity index is 1.53. The topological polar surface area (TPSA) is 62.8 Å². The largest absolute Gasteiger partial charge is 0.416 e. The Morgan fingerprint density at radius 3 is 2.62 bits per heavy atom. The van der Waals surface area contributed by atoms with Crippen molar-refractivity contribution in [3.8, 4) is 0 Å². The van der Waals surface area contributed by atoms with Gasteiger partial charge in [0.2, 0.25) is 0 Å². The number of fused-ring (bicyclic) bond motifs is 1. The number of alkyl halides is 3. The lowest BCUT2D eigenvalue weighted by Crippen LogP contribution is -2.67. The minimum atomic E-state index is -4.49. The molecule has 0 bridgehead atoms. The third kappa shape index (κ3) is 3.77. The number of hydrogen-bond donors (Lipinski definition) is 2. The summed E-state index contributed by atoms with van der Waals surface area (Å²) >= 11 is 0. The first-order valence-corrected chi connectivity index (χ1v) is 9.91. The molecule has 0 aromatic heterocycles. The van der Waals surface area contributed by atoms with Gasteiger partial charge in [-0.05, 0) is 24.6 Å². The fourth-order valence-corrected chi connectivity index (χ4v) is 4.81. The maximum atomic E-state index is 13.2. The summed E-state index contributed by atoms with van der Waals surface area (Å²) in [6.45, 7) is 6.84. The molecular formula is C20H26F3N3O3. The first-order chi connectivity index (χ1) is 13.7. The first kappa shape index (κ1) is 20.3. The van der Waals surface area contributed by atoms with Crippen LogP contribution < -0.4 is 15.5 Å². The Labute approximate surface area is 167 Å². The van der Waals surface area contributed by atoms with Crippen molar-refractivity contribution in [2.24, 2.45) is 11.3 Å². The van der Waals surface area contributed by atoms with E-state index < -0.39 is 17.8 Å². The number of hydrogen-bond acceptors (Lipinski definition) is 4. The van der Waals surface area contributed by atoms with Gasteiger partial charge in [0.15, 0.2) is 0 Å². The number of urea groups is 1. The highest BCUT2D eigenvalue weighted by Crippen LogP contribution is 2.52. The second-order valence-electron chi connectivity index (χ2n) is 8.47. The van der Waals surface area contributed by atoms with Crippen molar-refractivity contribution in [2.75, 3.05) is 43.1 Å². The van der Waals surface area contributed by atoms with Crippen molar-refractivity contribution < 1.29 is 27.4 Å². The maximum absolute atomic E-state index is 13.2. The van der Waals surface area contributed by atoms with E-state index in [-0.39, 0.29) is 29.2 Å². The van der Waals surface area contributed by atoms with E-state index in [1.54, 1.807) is 0 Å². The van der Waals surface area contributed by atoms with Gasteiger partial charge in [-0.25, -0.2) is 4.79 Å². The number of nitrogens with zero attached hydrogens (tertiary/aromatic N) is 1. The normalized spacial score (nSPS) is 28.4. The predicted octanol–water partition coefficient (Wildman–Crippen LogP) is 3.48. The summed E-state index contributed by atoms with van der Waals surface area (Å²) in [5, 5.41) is 5.62. The average molecular weight is 413 g/mol. The van der Waals surface area contributed by atoms with Crippen LogP contribution in [0.25, 0.3) is 0 Å². The zero-order valence-electron chi connectivity index (χ0n) is 16.5. The molecule has 9 heteroatoms. The smallest absolute Gasteiger partial charge is 0.378 e. The van der Waals surface area contributed by atoms with Gasteiger partial charge in [0, 0.05) is 37.1 Å². The minimum absolute atomic E-state index is 0.0763. The number of halogens is 3. The molecule has 1 aromatic rings. The molecular weight excluding hydrogens is 387 g/mol. The van der Waals surface area contributed by atoms with Gasteiger partial charge < -0.3 is 25.0 Å². The molecule has 0 spiro atoms. The molecule has 1 aliphatic carbocycles. The fraction of sp³-hybridized carbons (Fsp3) is 0.650. The Morgan fingerprint density at radius 2 is 1.93 bits per heavy atom. The summed E-state index contributed by atoms with van der Waals surface area (Å²) in [5.74, 6) is 0.246. The van der Waals surface area contributed by atoms with Crippen LogP contribution in [0.15, 0.2) is 18.2 Å². The fourth-order valence-electron chi connectivity index (χ4n) is 4.81. The zero-order chi connectivity index (χ0) is 20.8. The molecule has 3 atom stereocenters. The predicted molar refractivity (Wildman–Crippen MR) is 102 cm³/mol. The van der Waals surface area contributed by atoms with E-state index in [1.807, 2.05) is 18.7 Å². The molecule has 6 nitrogen and oxygen atoms in total. The Kier molecular flexibility index (Phi) is 5.14. The number of nitrogens with one attached hydrogen (secondary N) is 2. The van der Waals surface area contributed by atoms with Gasteiger partial charge in [-0.3, -0.25) is 0 Å². The van der Waals surface area contributed by atoms with E-state index in [1.165, 1.54) is 6.07 Å². The molecule has 2 saturated heterocycles. The number of carbonyl (C=O) groups is 1. The second kappa shape index (κ2) is 7.36. The van der Waals surface area contributed by atoms with Crippen LogP contribution in [-0.2, 0) is 15.7 Å². The zero-order valence-corrected chi connectivity index (χ0v) is 16.5. The summed E-state index contributed by atoms with van der Waals surface area (Å²) < 4.78 is 50.7. The summed E-state index contributed by atoms with van der Waals surface area (Å²) in [4.78, 5) is 14.6. The highest BCUT2D eigenvalue weighted by atomic mass is 19.4. The Morgan fingerprint density at radius 1 is 1.21 bits per heavy atom. The number of morpholine rings is 1. The van der Waals surface area contributed by atoms with E-state index in [9.17, 15) is 18.0 Å². The molecule has 0 radical (unpaired) electrons. The van der Waals surface area contributed by atoms with Crippen molar-refractivity contribution in [1.29, 1.82) is 0 Å². The van der Waals surface area contributed by atoms with Gasteiger partial charge in [-0.15, -0.1) is 0 Å². The van der Waals surface area contributed by atoms with Crippen molar-refractivity contribution >= 4 is 17.4 Å². The maximum Gasteiger partial charge on any atom is 0.416 e. The number of ether oxygens (including phenoxy) is 2. The van der Waals surface area contributed by atoms with Crippen LogP contribution in [0.4, 0.5) is 29.3 Å². The molecule has 160 valence electrons. The lowest BCUT2D eigenvalue weighted by Gasteiger charge is -2.54. The monoisotopic (exact) mass is 413 g/mol. The second-order valence-corrected chi connectivity index (χ2v) is 8.47. The minimum Gasteiger partial charge on any atom is -0.378 e. The van der Waals surface area contributed by atoms with Gasteiger partial charge in [-0.2, -0.15) is 13.2 Å². The van der Waals surface area contributed by atoms with Crippen LogP contribution in [0, 0.1) is 11.3 Å². The Hall–Kier alpha value is -2.00. The molecule has 4 rings (SSSR count). The Bertz CT molecular complexity index is 778. The molecule has 3 aliphatic rings. The molecule has 1 saturated carbocycles. The van der Waals surface area contributed by atoms with Crippen LogP contribution in [0.3, 0.4) is 0 Å². The lowest BCUT2D eigenvalue weighted by molar-refractivity contribution is -0.137. The molecule has 2 aliphatic heterocycles. The molecule has 3 unspecified atom stereocenters. The number of amides is 2. The third-order valence-electron chi connectivity index (χ3n) is 6.31. The van der Waals surface area contributed by atoms with Crippen LogP contribution in [-0.4, -0.2) is 51.1 Å². The molecule has 3 fully saturated rings. The number of carbonyl (C=O) groups excluding carboxylic acids is 1. The van der Waals surface area contributed by atoms with Gasteiger partial charge >= 0.3 is 12.2 Å². The van der Waals surface area contributed by atoms with E-state index in [0.717, 1.165) is 18.6 Å². The van der Waals surface area contributed by atoms with Crippen molar-refractivity contribution in [3.05, 3.63) is 23.8 Å². The third-order valence-corrected chi connectivity index (χ3v) is 6.31. The summed E-state index contributed by atoms with van der Waals surface area (Å²) in [5.41, 5.74) is -0.292. The molecule has 2 N–H and O–H groups in total. The standard InChI is InChI=1S/C20H26F3N3O3/c1-19(2)16(13-5-8-29-17(13)19)25-18(27)24-14-11-12(20(21,22)23)3-4-15(14)26-6-9-28-10-7-26/h3-4,11,13,16-17H,5-10H2,1-2H3,(H2,24,25,27). The van der Waals surface area contributed by atoms with Crippen LogP contribution >= 0.6 is 0 Å². The van der Waals surface area contributed by atoms with Gasteiger partial charge in [-0.1, -0.05) is 13.8 Å². The highest BCUT2D eigenvalue weighted by molar-refractivity contribution is 5.93. The molecule has 1 aromatic carbocycles. The van der Waals surface area contributed by atoms with Crippen LogP contribution in [0.5, 0.6) is 0 Å². The summed E-state index contributed by atoms with van der Waals surface area (Å²) in [6.07, 6.45) is -3.49. The van der Waals surface area contributed by atoms with Crippen molar-refractivity contribution in [3.63, 3.8) is 0 Å². The average Bonchev–Trinajstić information content (AvgIpc) is 3.13. The molecule has 29 heavy (non-hydrogen) atoms. The summed E-state index contributed by atoms with van der Waals surface area (Å²) in [7, 11) is 0. The molecule has 2 heterocycles. The number of anilines is 2. The van der Waals surface area contributed by atoms with Gasteiger partial charge in [0.05, 0.1) is 36.3 Å². The van der Waals surface area contributed by atoms with E-state index in [2.05, 4.69) is 10.6 Å². The van der Waals surface area contributed by atoms with E-state index in [0.29, 0.717) is 38.6 Å². The first-order valence-electron chi connectivity index (χ1n) is 9.91. The van der Waals surface area contributed by atoms with Crippen LogP contribution in [0.1, 0.15) is 25.8 Å².